The summed E-state index contributed by atoms with van der Waals surface area (Å²) in [6, 6.07) is 11.7. The van der Waals surface area contributed by atoms with Crippen molar-refractivity contribution in [2.45, 2.75) is 13.0 Å². The van der Waals surface area contributed by atoms with Crippen molar-refractivity contribution >= 4 is 17.3 Å². The summed E-state index contributed by atoms with van der Waals surface area (Å²) < 4.78 is 13.5. The summed E-state index contributed by atoms with van der Waals surface area (Å²) in [6.45, 7) is 2.12. The van der Waals surface area contributed by atoms with Gasteiger partial charge in [-0.2, -0.15) is 0 Å². The van der Waals surface area contributed by atoms with Gasteiger partial charge in [0.15, 0.2) is 0 Å². The monoisotopic (exact) mass is 279 g/mol. The molecule has 0 amide bonds. The van der Waals surface area contributed by atoms with E-state index in [4.69, 9.17) is 11.6 Å². The van der Waals surface area contributed by atoms with E-state index in [1.165, 1.54) is 6.07 Å². The van der Waals surface area contributed by atoms with Gasteiger partial charge in [-0.3, -0.25) is 0 Å². The Balaban J connectivity index is 2.09. The van der Waals surface area contributed by atoms with Gasteiger partial charge in [0.1, 0.15) is 5.82 Å². The number of hydrogen-bond acceptors (Lipinski definition) is 2. The predicted octanol–water partition coefficient (Wildman–Crippen LogP) is 3.93. The van der Waals surface area contributed by atoms with E-state index in [1.54, 1.807) is 24.3 Å². The van der Waals surface area contributed by atoms with Gasteiger partial charge >= 0.3 is 0 Å². The van der Waals surface area contributed by atoms with Crippen molar-refractivity contribution in [2.75, 3.05) is 11.9 Å². The van der Waals surface area contributed by atoms with Crippen LogP contribution in [0.1, 0.15) is 17.2 Å². The molecule has 2 N–H and O–H groups in total. The lowest BCUT2D eigenvalue weighted by molar-refractivity contribution is 0.186. The van der Waals surface area contributed by atoms with Crippen molar-refractivity contribution in [3.63, 3.8) is 0 Å². The minimum absolute atomic E-state index is 0.200. The van der Waals surface area contributed by atoms with E-state index in [9.17, 15) is 9.50 Å². The number of rotatable bonds is 4. The molecule has 0 aliphatic carbocycles. The molecular weight excluding hydrogens is 265 g/mol. The number of para-hydroxylation sites is 1. The molecule has 1 atom stereocenters. The van der Waals surface area contributed by atoms with Crippen LogP contribution in [0.2, 0.25) is 5.02 Å². The molecule has 4 heteroatoms. The molecule has 0 fully saturated rings. The van der Waals surface area contributed by atoms with Crippen molar-refractivity contribution in [3.05, 3.63) is 64.4 Å². The maximum atomic E-state index is 13.5. The number of aliphatic hydroxyl groups is 1. The third-order valence-electron chi connectivity index (χ3n) is 2.96. The molecular formula is C15H15ClFNO. The first kappa shape index (κ1) is 13.8. The minimum atomic E-state index is -0.920. The molecule has 2 aromatic carbocycles. The van der Waals surface area contributed by atoms with Crippen LogP contribution >= 0.6 is 11.6 Å². The van der Waals surface area contributed by atoms with Gasteiger partial charge < -0.3 is 10.4 Å². The molecule has 2 rings (SSSR count). The standard InChI is InChI=1S/C15H15ClFNO/c1-10-5-4-7-12(16)15(10)18-9-14(19)11-6-2-3-8-13(11)17/h2-8,14,18-19H,9H2,1H3. The maximum Gasteiger partial charge on any atom is 0.129 e. The van der Waals surface area contributed by atoms with E-state index in [0.29, 0.717) is 5.02 Å². The molecule has 19 heavy (non-hydrogen) atoms. The van der Waals surface area contributed by atoms with E-state index >= 15 is 0 Å². The van der Waals surface area contributed by atoms with Gasteiger partial charge in [-0.1, -0.05) is 41.9 Å². The number of hydrogen-bond donors (Lipinski definition) is 2. The molecule has 2 nitrogen and oxygen atoms in total. The smallest absolute Gasteiger partial charge is 0.129 e. The van der Waals surface area contributed by atoms with Crippen LogP contribution in [0.25, 0.3) is 0 Å². The fourth-order valence-electron chi connectivity index (χ4n) is 1.91. The normalized spacial score (nSPS) is 12.2. The molecule has 0 aromatic heterocycles. The second kappa shape index (κ2) is 6.04. The summed E-state index contributed by atoms with van der Waals surface area (Å²) in [7, 11) is 0. The molecule has 0 radical (unpaired) electrons. The Hall–Kier alpha value is -1.58. The maximum absolute atomic E-state index is 13.5. The highest BCUT2D eigenvalue weighted by atomic mass is 35.5. The summed E-state index contributed by atoms with van der Waals surface area (Å²) in [5, 5.41) is 13.6. The van der Waals surface area contributed by atoms with Crippen LogP contribution in [0.3, 0.4) is 0 Å². The Kier molecular flexibility index (Phi) is 4.40. The predicted molar refractivity (Wildman–Crippen MR) is 76.0 cm³/mol. The van der Waals surface area contributed by atoms with E-state index in [1.807, 2.05) is 19.1 Å². The average molecular weight is 280 g/mol. The van der Waals surface area contributed by atoms with Gasteiger partial charge in [0, 0.05) is 12.1 Å². The van der Waals surface area contributed by atoms with Gasteiger partial charge in [-0.15, -0.1) is 0 Å². The zero-order valence-electron chi connectivity index (χ0n) is 10.5. The van der Waals surface area contributed by atoms with E-state index < -0.39 is 11.9 Å². The first-order chi connectivity index (χ1) is 9.09. The number of halogens is 2. The van der Waals surface area contributed by atoms with E-state index in [0.717, 1.165) is 11.3 Å². The van der Waals surface area contributed by atoms with E-state index in [2.05, 4.69) is 5.32 Å². The van der Waals surface area contributed by atoms with Crippen LogP contribution in [0.5, 0.6) is 0 Å². The Morgan fingerprint density at radius 3 is 2.63 bits per heavy atom. The Morgan fingerprint density at radius 1 is 1.21 bits per heavy atom. The molecule has 0 aliphatic rings. The topological polar surface area (TPSA) is 32.3 Å². The van der Waals surface area contributed by atoms with Crippen molar-refractivity contribution < 1.29 is 9.50 Å². The van der Waals surface area contributed by atoms with Crippen LogP contribution in [0.15, 0.2) is 42.5 Å². The van der Waals surface area contributed by atoms with Gasteiger partial charge in [0.05, 0.1) is 16.8 Å². The quantitative estimate of drug-likeness (QED) is 0.889. The molecule has 2 aromatic rings. The Labute approximate surface area is 116 Å². The second-order valence-corrected chi connectivity index (χ2v) is 4.76. The first-order valence-corrected chi connectivity index (χ1v) is 6.39. The van der Waals surface area contributed by atoms with Crippen LogP contribution < -0.4 is 5.32 Å². The Bertz CT molecular complexity index is 554. The van der Waals surface area contributed by atoms with Gasteiger partial charge in [-0.05, 0) is 24.6 Å². The number of aliphatic hydroxyl groups excluding tert-OH is 1. The number of aryl methyl sites for hydroxylation is 1. The van der Waals surface area contributed by atoms with Crippen LogP contribution in [-0.2, 0) is 0 Å². The zero-order valence-corrected chi connectivity index (χ0v) is 11.3. The lowest BCUT2D eigenvalue weighted by atomic mass is 10.1. The second-order valence-electron chi connectivity index (χ2n) is 4.35. The van der Waals surface area contributed by atoms with Gasteiger partial charge in [0.2, 0.25) is 0 Å². The molecule has 0 bridgehead atoms. The highest BCUT2D eigenvalue weighted by Crippen LogP contribution is 2.26. The highest BCUT2D eigenvalue weighted by Gasteiger charge is 2.13. The number of anilines is 1. The Morgan fingerprint density at radius 2 is 1.95 bits per heavy atom. The van der Waals surface area contributed by atoms with Crippen LogP contribution in [-0.4, -0.2) is 11.7 Å². The molecule has 100 valence electrons. The molecule has 0 saturated heterocycles. The molecule has 0 saturated carbocycles. The van der Waals surface area contributed by atoms with E-state index in [-0.39, 0.29) is 12.1 Å². The summed E-state index contributed by atoms with van der Waals surface area (Å²) in [4.78, 5) is 0. The van der Waals surface area contributed by atoms with Crippen molar-refractivity contribution in [1.82, 2.24) is 0 Å². The summed E-state index contributed by atoms with van der Waals surface area (Å²) in [5.41, 5.74) is 2.02. The third kappa shape index (κ3) is 3.25. The van der Waals surface area contributed by atoms with Gasteiger partial charge in [-0.25, -0.2) is 4.39 Å². The number of nitrogens with one attached hydrogen (secondary N) is 1. The zero-order chi connectivity index (χ0) is 13.8. The number of benzene rings is 2. The lowest BCUT2D eigenvalue weighted by Gasteiger charge is -2.16. The molecule has 0 aliphatic heterocycles. The fourth-order valence-corrected chi connectivity index (χ4v) is 2.20. The third-order valence-corrected chi connectivity index (χ3v) is 3.27. The molecule has 0 spiro atoms. The minimum Gasteiger partial charge on any atom is -0.386 e. The van der Waals surface area contributed by atoms with Crippen molar-refractivity contribution in [1.29, 1.82) is 0 Å². The first-order valence-electron chi connectivity index (χ1n) is 6.01. The van der Waals surface area contributed by atoms with Gasteiger partial charge in [0.25, 0.3) is 0 Å². The van der Waals surface area contributed by atoms with Crippen molar-refractivity contribution in [2.24, 2.45) is 0 Å². The summed E-state index contributed by atoms with van der Waals surface area (Å²) in [5.74, 6) is -0.410. The average Bonchev–Trinajstić information content (AvgIpc) is 2.38. The highest BCUT2D eigenvalue weighted by molar-refractivity contribution is 6.33. The van der Waals surface area contributed by atoms with Crippen LogP contribution in [0.4, 0.5) is 10.1 Å². The largest absolute Gasteiger partial charge is 0.386 e. The fraction of sp³-hybridized carbons (Fsp3) is 0.200. The van der Waals surface area contributed by atoms with Crippen LogP contribution in [0, 0.1) is 12.7 Å². The SMILES string of the molecule is Cc1cccc(Cl)c1NCC(O)c1ccccc1F. The summed E-state index contributed by atoms with van der Waals surface area (Å²) in [6.07, 6.45) is -0.920. The molecule has 0 heterocycles. The summed E-state index contributed by atoms with van der Waals surface area (Å²) >= 11 is 6.07. The van der Waals surface area contributed by atoms with Crippen molar-refractivity contribution in [3.8, 4) is 0 Å². The molecule has 1 unspecified atom stereocenters. The lowest BCUT2D eigenvalue weighted by Crippen LogP contribution is -2.14.